The van der Waals surface area contributed by atoms with Crippen LogP contribution in [0.15, 0.2) is 18.2 Å². The van der Waals surface area contributed by atoms with Crippen molar-refractivity contribution in [1.29, 1.82) is 0 Å². The summed E-state index contributed by atoms with van der Waals surface area (Å²) in [4.78, 5) is 0. The predicted octanol–water partition coefficient (Wildman–Crippen LogP) is 3.57. The molecule has 0 bridgehead atoms. The fourth-order valence-corrected chi connectivity index (χ4v) is 2.60. The van der Waals surface area contributed by atoms with Crippen LogP contribution >= 0.6 is 23.8 Å². The second kappa shape index (κ2) is 5.03. The number of rotatable bonds is 2. The lowest BCUT2D eigenvalue weighted by molar-refractivity contribution is 0.103. The van der Waals surface area contributed by atoms with Crippen LogP contribution in [0, 0.1) is 10.6 Å². The molecule has 0 spiro atoms. The molecule has 1 fully saturated rings. The third-order valence-corrected chi connectivity index (χ3v) is 3.64. The first-order chi connectivity index (χ1) is 9.16. The SMILES string of the molecule is Fc1ccc(-n2c([C@@H]3CCCO3)n[nH]c2=S)cc1Cl. The van der Waals surface area contributed by atoms with Crippen molar-refractivity contribution in [2.24, 2.45) is 0 Å². The van der Waals surface area contributed by atoms with Gasteiger partial charge in [0.15, 0.2) is 10.6 Å². The van der Waals surface area contributed by atoms with Crippen molar-refractivity contribution in [3.8, 4) is 5.69 Å². The number of H-pyrrole nitrogens is 1. The number of nitrogens with one attached hydrogen (secondary N) is 1. The van der Waals surface area contributed by atoms with Crippen LogP contribution < -0.4 is 0 Å². The molecule has 2 aromatic rings. The van der Waals surface area contributed by atoms with Gasteiger partial charge in [-0.2, -0.15) is 5.10 Å². The number of aromatic amines is 1. The summed E-state index contributed by atoms with van der Waals surface area (Å²) in [6, 6.07) is 4.46. The van der Waals surface area contributed by atoms with E-state index in [1.807, 2.05) is 0 Å². The van der Waals surface area contributed by atoms with E-state index in [9.17, 15) is 4.39 Å². The molecule has 1 saturated heterocycles. The summed E-state index contributed by atoms with van der Waals surface area (Å²) >= 11 is 11.0. The highest BCUT2D eigenvalue weighted by Crippen LogP contribution is 2.29. The molecule has 0 saturated carbocycles. The highest BCUT2D eigenvalue weighted by Gasteiger charge is 2.24. The molecule has 0 amide bonds. The van der Waals surface area contributed by atoms with Crippen LogP contribution in [0.1, 0.15) is 24.8 Å². The lowest BCUT2D eigenvalue weighted by atomic mass is 10.2. The van der Waals surface area contributed by atoms with E-state index in [-0.39, 0.29) is 11.1 Å². The van der Waals surface area contributed by atoms with Gasteiger partial charge in [-0.25, -0.2) is 4.39 Å². The molecule has 2 heterocycles. The van der Waals surface area contributed by atoms with E-state index in [0.717, 1.165) is 12.8 Å². The van der Waals surface area contributed by atoms with E-state index < -0.39 is 5.82 Å². The van der Waals surface area contributed by atoms with Gasteiger partial charge in [0.25, 0.3) is 0 Å². The largest absolute Gasteiger partial charge is 0.370 e. The number of aromatic nitrogens is 3. The van der Waals surface area contributed by atoms with Gasteiger partial charge >= 0.3 is 0 Å². The van der Waals surface area contributed by atoms with Gasteiger partial charge in [-0.3, -0.25) is 9.67 Å². The lowest BCUT2D eigenvalue weighted by Crippen LogP contribution is -2.07. The van der Waals surface area contributed by atoms with Crippen LogP contribution in [0.25, 0.3) is 5.69 Å². The Balaban J connectivity index is 2.10. The Hall–Kier alpha value is -1.24. The number of halogens is 2. The van der Waals surface area contributed by atoms with Crippen LogP contribution in [0.2, 0.25) is 5.02 Å². The number of hydrogen-bond donors (Lipinski definition) is 1. The Bertz CT molecular complexity index is 663. The third kappa shape index (κ3) is 2.31. The molecule has 1 aromatic heterocycles. The van der Waals surface area contributed by atoms with Crippen LogP contribution in [-0.4, -0.2) is 21.4 Å². The molecular weight excluding hydrogens is 289 g/mol. The van der Waals surface area contributed by atoms with Crippen molar-refractivity contribution in [1.82, 2.24) is 14.8 Å². The molecule has 1 aromatic carbocycles. The number of nitrogens with zero attached hydrogens (tertiary/aromatic N) is 2. The topological polar surface area (TPSA) is 42.8 Å². The van der Waals surface area contributed by atoms with Gasteiger partial charge in [0.2, 0.25) is 0 Å². The minimum atomic E-state index is -0.459. The lowest BCUT2D eigenvalue weighted by Gasteiger charge is -2.11. The molecule has 1 aliphatic rings. The summed E-state index contributed by atoms with van der Waals surface area (Å²) < 4.78 is 21.0. The molecule has 4 nitrogen and oxygen atoms in total. The van der Waals surface area contributed by atoms with Crippen molar-refractivity contribution >= 4 is 23.8 Å². The van der Waals surface area contributed by atoms with Gasteiger partial charge in [-0.15, -0.1) is 0 Å². The average Bonchev–Trinajstić information content (AvgIpc) is 3.01. The maximum atomic E-state index is 13.2. The fraction of sp³-hybridized carbons (Fsp3) is 0.333. The predicted molar refractivity (Wildman–Crippen MR) is 71.6 cm³/mol. The summed E-state index contributed by atoms with van der Waals surface area (Å²) in [5.41, 5.74) is 0.677. The quantitative estimate of drug-likeness (QED) is 0.862. The summed E-state index contributed by atoms with van der Waals surface area (Å²) in [5, 5.41) is 7.01. The van der Waals surface area contributed by atoms with Crippen molar-refractivity contribution < 1.29 is 9.13 Å². The summed E-state index contributed by atoms with van der Waals surface area (Å²) in [6.45, 7) is 0.717. The zero-order valence-electron chi connectivity index (χ0n) is 9.90. The zero-order valence-corrected chi connectivity index (χ0v) is 11.5. The monoisotopic (exact) mass is 299 g/mol. The Morgan fingerprint density at radius 2 is 2.37 bits per heavy atom. The first kappa shape index (κ1) is 12.8. The molecule has 19 heavy (non-hydrogen) atoms. The molecule has 1 N–H and O–H groups in total. The molecule has 0 radical (unpaired) electrons. The zero-order chi connectivity index (χ0) is 13.4. The van der Waals surface area contributed by atoms with Crippen LogP contribution in [0.3, 0.4) is 0 Å². The second-order valence-electron chi connectivity index (χ2n) is 4.32. The van der Waals surface area contributed by atoms with Gasteiger partial charge in [-0.1, -0.05) is 11.6 Å². The molecule has 0 unspecified atom stereocenters. The molecule has 100 valence electrons. The maximum absolute atomic E-state index is 13.2. The first-order valence-electron chi connectivity index (χ1n) is 5.91. The number of ether oxygens (including phenoxy) is 1. The van der Waals surface area contributed by atoms with E-state index in [1.165, 1.54) is 12.1 Å². The van der Waals surface area contributed by atoms with E-state index in [2.05, 4.69) is 10.2 Å². The van der Waals surface area contributed by atoms with E-state index in [0.29, 0.717) is 22.9 Å². The minimum absolute atomic E-state index is 0.0545. The molecular formula is C12H11ClFN3OS. The van der Waals surface area contributed by atoms with Crippen molar-refractivity contribution in [2.75, 3.05) is 6.61 Å². The highest BCUT2D eigenvalue weighted by atomic mass is 35.5. The van der Waals surface area contributed by atoms with Gasteiger partial charge < -0.3 is 4.74 Å². The van der Waals surface area contributed by atoms with E-state index in [1.54, 1.807) is 10.6 Å². The molecule has 1 atom stereocenters. The first-order valence-corrected chi connectivity index (χ1v) is 6.70. The van der Waals surface area contributed by atoms with Gasteiger partial charge in [-0.05, 0) is 43.3 Å². The van der Waals surface area contributed by atoms with Crippen LogP contribution in [-0.2, 0) is 4.74 Å². The summed E-state index contributed by atoms with van der Waals surface area (Å²) in [6.07, 6.45) is 1.81. The molecule has 7 heteroatoms. The molecule has 1 aliphatic heterocycles. The smallest absolute Gasteiger partial charge is 0.199 e. The maximum Gasteiger partial charge on any atom is 0.199 e. The Morgan fingerprint density at radius 3 is 3.05 bits per heavy atom. The average molecular weight is 300 g/mol. The van der Waals surface area contributed by atoms with Gasteiger partial charge in [0.1, 0.15) is 11.9 Å². The highest BCUT2D eigenvalue weighted by molar-refractivity contribution is 7.71. The fourth-order valence-electron chi connectivity index (χ4n) is 2.18. The van der Waals surface area contributed by atoms with Crippen molar-refractivity contribution in [3.05, 3.63) is 39.6 Å². The Labute approximate surface area is 119 Å². The van der Waals surface area contributed by atoms with E-state index in [4.69, 9.17) is 28.6 Å². The normalized spacial score (nSPS) is 18.9. The molecule has 3 rings (SSSR count). The third-order valence-electron chi connectivity index (χ3n) is 3.08. The van der Waals surface area contributed by atoms with Crippen molar-refractivity contribution in [3.63, 3.8) is 0 Å². The Morgan fingerprint density at radius 1 is 1.53 bits per heavy atom. The van der Waals surface area contributed by atoms with Crippen LogP contribution in [0.4, 0.5) is 4.39 Å². The second-order valence-corrected chi connectivity index (χ2v) is 5.12. The number of hydrogen-bond acceptors (Lipinski definition) is 3. The van der Waals surface area contributed by atoms with Crippen molar-refractivity contribution in [2.45, 2.75) is 18.9 Å². The summed E-state index contributed by atoms with van der Waals surface area (Å²) in [7, 11) is 0. The standard InChI is InChI=1S/C12H11ClFN3OS/c13-8-6-7(3-4-9(8)14)17-11(15-16-12(17)19)10-2-1-5-18-10/h3-4,6,10H,1-2,5H2,(H,16,19)/t10-/m0/s1. The van der Waals surface area contributed by atoms with Crippen LogP contribution in [0.5, 0.6) is 0 Å². The Kier molecular flexibility index (Phi) is 3.38. The van der Waals surface area contributed by atoms with Gasteiger partial charge in [0, 0.05) is 6.61 Å². The molecule has 0 aliphatic carbocycles. The summed E-state index contributed by atoms with van der Waals surface area (Å²) in [5.74, 6) is 0.240. The minimum Gasteiger partial charge on any atom is -0.370 e. The van der Waals surface area contributed by atoms with E-state index >= 15 is 0 Å². The number of benzene rings is 1. The van der Waals surface area contributed by atoms with Gasteiger partial charge in [0.05, 0.1) is 10.7 Å².